The van der Waals surface area contributed by atoms with E-state index in [0.717, 1.165) is 35.1 Å². The number of halogens is 1. The maximum absolute atomic E-state index is 9.27. The zero-order valence-electron chi connectivity index (χ0n) is 11.1. The minimum absolute atomic E-state index is 0.0400. The Morgan fingerprint density at radius 1 is 1.15 bits per heavy atom. The summed E-state index contributed by atoms with van der Waals surface area (Å²) in [5, 5.41) is 10.0. The van der Waals surface area contributed by atoms with Crippen LogP contribution in [0.15, 0.2) is 42.5 Å². The Morgan fingerprint density at radius 2 is 2.05 bits per heavy atom. The van der Waals surface area contributed by atoms with Gasteiger partial charge in [-0.2, -0.15) is 0 Å². The van der Waals surface area contributed by atoms with E-state index in [9.17, 15) is 5.11 Å². The lowest BCUT2D eigenvalue weighted by Gasteiger charge is -2.31. The molecule has 104 valence electrons. The van der Waals surface area contributed by atoms with Crippen molar-refractivity contribution in [3.63, 3.8) is 0 Å². The molecule has 1 N–H and O–H groups in total. The van der Waals surface area contributed by atoms with Gasteiger partial charge in [0.05, 0.1) is 18.8 Å². The number of rotatable bonds is 3. The van der Waals surface area contributed by atoms with Crippen LogP contribution in [0, 0.1) is 0 Å². The fourth-order valence-corrected chi connectivity index (χ4v) is 2.65. The monoisotopic (exact) mass is 289 g/mol. The molecule has 0 saturated heterocycles. The topological polar surface area (TPSA) is 32.7 Å². The van der Waals surface area contributed by atoms with Crippen molar-refractivity contribution in [1.29, 1.82) is 0 Å². The highest BCUT2D eigenvalue weighted by Gasteiger charge is 2.18. The van der Waals surface area contributed by atoms with Crippen LogP contribution in [0.3, 0.4) is 0 Å². The predicted octanol–water partition coefficient (Wildman–Crippen LogP) is 3.23. The molecule has 0 amide bonds. The predicted molar refractivity (Wildman–Crippen MR) is 80.4 cm³/mol. The quantitative estimate of drug-likeness (QED) is 0.942. The van der Waals surface area contributed by atoms with Gasteiger partial charge in [0.25, 0.3) is 0 Å². The van der Waals surface area contributed by atoms with E-state index in [1.165, 1.54) is 5.56 Å². The Labute approximate surface area is 123 Å². The molecule has 0 bridgehead atoms. The van der Waals surface area contributed by atoms with Crippen LogP contribution in [-0.2, 0) is 13.2 Å². The highest BCUT2D eigenvalue weighted by atomic mass is 35.5. The highest BCUT2D eigenvalue weighted by molar-refractivity contribution is 6.30. The first-order valence-electron chi connectivity index (χ1n) is 6.62. The molecule has 3 rings (SSSR count). The van der Waals surface area contributed by atoms with Gasteiger partial charge >= 0.3 is 0 Å². The van der Waals surface area contributed by atoms with Crippen molar-refractivity contribution in [3.05, 3.63) is 58.6 Å². The fraction of sp³-hybridized carbons (Fsp3) is 0.250. The van der Waals surface area contributed by atoms with Crippen LogP contribution in [0.4, 0.5) is 5.69 Å². The van der Waals surface area contributed by atoms with Crippen LogP contribution in [0.1, 0.15) is 11.1 Å². The molecule has 0 radical (unpaired) electrons. The Bertz CT molecular complexity index is 615. The summed E-state index contributed by atoms with van der Waals surface area (Å²) < 4.78 is 5.67. The molecule has 1 aliphatic heterocycles. The van der Waals surface area contributed by atoms with Gasteiger partial charge in [-0.05, 0) is 35.4 Å². The van der Waals surface area contributed by atoms with Crippen LogP contribution in [-0.4, -0.2) is 18.3 Å². The number of hydrogen-bond acceptors (Lipinski definition) is 3. The minimum Gasteiger partial charge on any atom is -0.490 e. The van der Waals surface area contributed by atoms with Gasteiger partial charge in [0.15, 0.2) is 0 Å². The smallest absolute Gasteiger partial charge is 0.142 e. The van der Waals surface area contributed by atoms with E-state index >= 15 is 0 Å². The van der Waals surface area contributed by atoms with E-state index < -0.39 is 0 Å². The number of hydrogen-bond donors (Lipinski definition) is 1. The van der Waals surface area contributed by atoms with Crippen LogP contribution in [0.2, 0.25) is 5.02 Å². The standard InChI is InChI=1S/C16H16ClNO2/c17-14-3-1-2-12(8-14)10-18-6-7-20-16-5-4-13(11-19)9-15(16)18/h1-5,8-9,19H,6-7,10-11H2. The van der Waals surface area contributed by atoms with E-state index in [1.807, 2.05) is 36.4 Å². The van der Waals surface area contributed by atoms with Crippen molar-refractivity contribution in [3.8, 4) is 5.75 Å². The minimum atomic E-state index is 0.0400. The zero-order valence-corrected chi connectivity index (χ0v) is 11.8. The summed E-state index contributed by atoms with van der Waals surface area (Å²) in [6.07, 6.45) is 0. The Kier molecular flexibility index (Phi) is 3.81. The van der Waals surface area contributed by atoms with Crippen LogP contribution < -0.4 is 9.64 Å². The van der Waals surface area contributed by atoms with Crippen molar-refractivity contribution in [2.75, 3.05) is 18.1 Å². The molecule has 0 atom stereocenters. The molecule has 20 heavy (non-hydrogen) atoms. The maximum Gasteiger partial charge on any atom is 0.142 e. The average molecular weight is 290 g/mol. The summed E-state index contributed by atoms with van der Waals surface area (Å²) in [7, 11) is 0. The molecule has 0 saturated carbocycles. The van der Waals surface area contributed by atoms with Gasteiger partial charge in [0.1, 0.15) is 12.4 Å². The van der Waals surface area contributed by atoms with Gasteiger partial charge in [-0.15, -0.1) is 0 Å². The number of anilines is 1. The Hall–Kier alpha value is -1.71. The number of ether oxygens (including phenoxy) is 1. The molecule has 0 aromatic heterocycles. The summed E-state index contributed by atoms with van der Waals surface area (Å²) in [6, 6.07) is 13.7. The number of nitrogens with zero attached hydrogens (tertiary/aromatic N) is 1. The van der Waals surface area contributed by atoms with Crippen molar-refractivity contribution < 1.29 is 9.84 Å². The number of fused-ring (bicyclic) bond motifs is 1. The van der Waals surface area contributed by atoms with Gasteiger partial charge < -0.3 is 14.7 Å². The first-order valence-corrected chi connectivity index (χ1v) is 7.00. The summed E-state index contributed by atoms with van der Waals surface area (Å²) in [6.45, 7) is 2.32. The third-order valence-corrected chi connectivity index (χ3v) is 3.66. The lowest BCUT2D eigenvalue weighted by molar-refractivity contribution is 0.280. The molecule has 1 aliphatic rings. The van der Waals surface area contributed by atoms with E-state index in [2.05, 4.69) is 11.0 Å². The second kappa shape index (κ2) is 5.73. The summed E-state index contributed by atoms with van der Waals surface area (Å²) in [5.41, 5.74) is 3.09. The number of aliphatic hydroxyl groups is 1. The molecular weight excluding hydrogens is 274 g/mol. The van der Waals surface area contributed by atoms with Gasteiger partial charge in [0, 0.05) is 11.6 Å². The molecule has 2 aromatic carbocycles. The molecule has 0 fully saturated rings. The molecule has 0 aliphatic carbocycles. The largest absolute Gasteiger partial charge is 0.490 e. The van der Waals surface area contributed by atoms with Gasteiger partial charge in [0.2, 0.25) is 0 Å². The first-order chi connectivity index (χ1) is 9.76. The Morgan fingerprint density at radius 3 is 2.85 bits per heavy atom. The van der Waals surface area contributed by atoms with Crippen LogP contribution >= 0.6 is 11.6 Å². The third-order valence-electron chi connectivity index (χ3n) is 3.43. The zero-order chi connectivity index (χ0) is 13.9. The van der Waals surface area contributed by atoms with Crippen molar-refractivity contribution in [1.82, 2.24) is 0 Å². The van der Waals surface area contributed by atoms with Gasteiger partial charge in [-0.1, -0.05) is 29.8 Å². The van der Waals surface area contributed by atoms with Crippen molar-refractivity contribution in [2.24, 2.45) is 0 Å². The van der Waals surface area contributed by atoms with Crippen molar-refractivity contribution >= 4 is 17.3 Å². The molecule has 2 aromatic rings. The molecule has 4 heteroatoms. The fourth-order valence-electron chi connectivity index (χ4n) is 2.44. The van der Waals surface area contributed by atoms with Gasteiger partial charge in [-0.25, -0.2) is 0 Å². The van der Waals surface area contributed by atoms with E-state index in [4.69, 9.17) is 16.3 Å². The van der Waals surface area contributed by atoms with Crippen LogP contribution in [0.25, 0.3) is 0 Å². The molecule has 0 unspecified atom stereocenters. The molecular formula is C16H16ClNO2. The van der Waals surface area contributed by atoms with E-state index in [-0.39, 0.29) is 6.61 Å². The van der Waals surface area contributed by atoms with Crippen molar-refractivity contribution in [2.45, 2.75) is 13.2 Å². The first kappa shape index (κ1) is 13.3. The third kappa shape index (κ3) is 2.74. The Balaban J connectivity index is 1.89. The lowest BCUT2D eigenvalue weighted by atomic mass is 10.1. The average Bonchev–Trinajstić information content (AvgIpc) is 2.47. The van der Waals surface area contributed by atoms with Crippen LogP contribution in [0.5, 0.6) is 5.75 Å². The van der Waals surface area contributed by atoms with Gasteiger partial charge in [-0.3, -0.25) is 0 Å². The van der Waals surface area contributed by atoms with E-state index in [1.54, 1.807) is 0 Å². The number of benzene rings is 2. The lowest BCUT2D eigenvalue weighted by Crippen LogP contribution is -2.32. The summed E-state index contributed by atoms with van der Waals surface area (Å²) >= 11 is 6.03. The molecule has 3 nitrogen and oxygen atoms in total. The molecule has 1 heterocycles. The highest BCUT2D eigenvalue weighted by Crippen LogP contribution is 2.33. The van der Waals surface area contributed by atoms with E-state index in [0.29, 0.717) is 6.61 Å². The number of aliphatic hydroxyl groups excluding tert-OH is 1. The summed E-state index contributed by atoms with van der Waals surface area (Å²) in [5.74, 6) is 0.871. The second-order valence-corrected chi connectivity index (χ2v) is 5.30. The summed E-state index contributed by atoms with van der Waals surface area (Å²) in [4.78, 5) is 2.25. The SMILES string of the molecule is OCc1ccc2c(c1)N(Cc1cccc(Cl)c1)CCO2. The molecule has 0 spiro atoms. The second-order valence-electron chi connectivity index (χ2n) is 4.86. The maximum atomic E-state index is 9.27. The normalized spacial score (nSPS) is 13.8.